The zero-order chi connectivity index (χ0) is 10.2. The van der Waals surface area contributed by atoms with Crippen LogP contribution in [0.5, 0.6) is 0 Å². The Morgan fingerprint density at radius 2 is 1.77 bits per heavy atom. The minimum absolute atomic E-state index is 0.0772. The van der Waals surface area contributed by atoms with Crippen LogP contribution in [0.3, 0.4) is 0 Å². The fourth-order valence-corrected chi connectivity index (χ4v) is 1.46. The van der Waals surface area contributed by atoms with Crippen molar-refractivity contribution in [1.29, 1.82) is 0 Å². The molecule has 1 heterocycles. The van der Waals surface area contributed by atoms with Gasteiger partial charge in [0.25, 0.3) is 0 Å². The van der Waals surface area contributed by atoms with E-state index in [2.05, 4.69) is 13.8 Å². The van der Waals surface area contributed by atoms with Crippen LogP contribution >= 0.6 is 0 Å². The molecule has 1 rings (SSSR count). The van der Waals surface area contributed by atoms with Crippen molar-refractivity contribution < 1.29 is 4.79 Å². The quantitative estimate of drug-likeness (QED) is 0.569. The molecule has 2 heteroatoms. The van der Waals surface area contributed by atoms with Crippen LogP contribution in [0, 0.1) is 0 Å². The lowest BCUT2D eigenvalue weighted by Gasteiger charge is -2.48. The summed E-state index contributed by atoms with van der Waals surface area (Å²) in [4.78, 5) is 13.8. The third-order valence-corrected chi connectivity index (χ3v) is 2.99. The Morgan fingerprint density at radius 3 is 2.00 bits per heavy atom. The van der Waals surface area contributed by atoms with Crippen molar-refractivity contribution in [1.82, 2.24) is 4.90 Å². The number of likely N-dealkylation sites (tertiary alicyclic amines) is 1. The van der Waals surface area contributed by atoms with Crippen molar-refractivity contribution in [2.24, 2.45) is 0 Å². The van der Waals surface area contributed by atoms with Gasteiger partial charge in [-0.25, -0.2) is 0 Å². The second-order valence-electron chi connectivity index (χ2n) is 4.64. The van der Waals surface area contributed by atoms with Crippen LogP contribution in [0.1, 0.15) is 41.0 Å². The van der Waals surface area contributed by atoms with E-state index in [0.717, 1.165) is 24.1 Å². The fraction of sp³-hybridized carbons (Fsp3) is 0.727. The first-order valence-electron chi connectivity index (χ1n) is 4.82. The van der Waals surface area contributed by atoms with Gasteiger partial charge >= 0.3 is 0 Å². The van der Waals surface area contributed by atoms with E-state index in [9.17, 15) is 4.79 Å². The average molecular weight is 181 g/mol. The maximum atomic E-state index is 11.9. The molecule has 1 saturated heterocycles. The average Bonchev–Trinajstić information content (AvgIpc) is 2.01. The van der Waals surface area contributed by atoms with Crippen molar-refractivity contribution in [3.63, 3.8) is 0 Å². The Hall–Kier alpha value is -0.790. The van der Waals surface area contributed by atoms with E-state index in [1.807, 2.05) is 25.7 Å². The molecule has 1 fully saturated rings. The summed E-state index contributed by atoms with van der Waals surface area (Å²) in [5.41, 5.74) is 2.09. The number of nitrogens with zero attached hydrogens (tertiary/aromatic N) is 1. The molecular formula is C11H19NO. The Bertz CT molecular complexity index is 259. The minimum Gasteiger partial charge on any atom is -0.334 e. The summed E-state index contributed by atoms with van der Waals surface area (Å²) in [5, 5.41) is 0. The van der Waals surface area contributed by atoms with Crippen LogP contribution < -0.4 is 0 Å². The number of amides is 1. The van der Waals surface area contributed by atoms with Crippen molar-refractivity contribution in [3.05, 3.63) is 11.1 Å². The Balaban J connectivity index is 2.76. The lowest BCUT2D eigenvalue weighted by atomic mass is 9.88. The van der Waals surface area contributed by atoms with Crippen LogP contribution in [-0.2, 0) is 4.79 Å². The second-order valence-corrected chi connectivity index (χ2v) is 4.64. The molecule has 0 atom stereocenters. The molecule has 0 aliphatic carbocycles. The predicted octanol–water partition coefficient (Wildman–Crippen LogP) is 2.35. The minimum atomic E-state index is 0.0772. The van der Waals surface area contributed by atoms with Gasteiger partial charge in [0, 0.05) is 17.7 Å². The van der Waals surface area contributed by atoms with Crippen molar-refractivity contribution in [2.75, 3.05) is 6.54 Å². The molecule has 2 nitrogen and oxygen atoms in total. The van der Waals surface area contributed by atoms with Crippen LogP contribution in [-0.4, -0.2) is 22.9 Å². The van der Waals surface area contributed by atoms with E-state index in [1.54, 1.807) is 0 Å². The number of rotatable bonds is 1. The summed E-state index contributed by atoms with van der Waals surface area (Å²) in [6, 6.07) is 0. The molecule has 0 unspecified atom stereocenters. The van der Waals surface area contributed by atoms with E-state index < -0.39 is 0 Å². The molecule has 74 valence electrons. The molecule has 0 bridgehead atoms. The molecule has 0 aromatic rings. The van der Waals surface area contributed by atoms with Crippen molar-refractivity contribution >= 4 is 5.91 Å². The summed E-state index contributed by atoms with van der Waals surface area (Å²) in [5.74, 6) is 0.205. The van der Waals surface area contributed by atoms with Gasteiger partial charge in [-0.3, -0.25) is 4.79 Å². The highest BCUT2D eigenvalue weighted by Crippen LogP contribution is 2.31. The molecule has 0 spiro atoms. The van der Waals surface area contributed by atoms with Crippen LogP contribution in [0.15, 0.2) is 11.1 Å². The zero-order valence-corrected chi connectivity index (χ0v) is 9.27. The van der Waals surface area contributed by atoms with Gasteiger partial charge in [-0.05, 0) is 41.0 Å². The van der Waals surface area contributed by atoms with Gasteiger partial charge < -0.3 is 4.90 Å². The molecule has 0 saturated carbocycles. The van der Waals surface area contributed by atoms with Gasteiger partial charge in [0.1, 0.15) is 0 Å². The highest BCUT2D eigenvalue weighted by Gasteiger charge is 2.39. The fourth-order valence-electron chi connectivity index (χ4n) is 1.46. The van der Waals surface area contributed by atoms with E-state index in [1.165, 1.54) is 0 Å². The summed E-state index contributed by atoms with van der Waals surface area (Å²) in [6.07, 6.45) is 1.12. The topological polar surface area (TPSA) is 20.3 Å². The van der Waals surface area contributed by atoms with Gasteiger partial charge in [0.2, 0.25) is 5.91 Å². The maximum absolute atomic E-state index is 11.9. The van der Waals surface area contributed by atoms with E-state index in [-0.39, 0.29) is 11.4 Å². The lowest BCUT2D eigenvalue weighted by Crippen LogP contribution is -2.58. The van der Waals surface area contributed by atoms with Crippen molar-refractivity contribution in [2.45, 2.75) is 46.6 Å². The molecule has 0 aromatic heterocycles. The van der Waals surface area contributed by atoms with E-state index in [4.69, 9.17) is 0 Å². The molecule has 0 N–H and O–H groups in total. The summed E-state index contributed by atoms with van der Waals surface area (Å²) < 4.78 is 0. The summed E-state index contributed by atoms with van der Waals surface area (Å²) in [6.45, 7) is 11.0. The van der Waals surface area contributed by atoms with Crippen LogP contribution in [0.25, 0.3) is 0 Å². The van der Waals surface area contributed by atoms with E-state index >= 15 is 0 Å². The monoisotopic (exact) mass is 181 g/mol. The van der Waals surface area contributed by atoms with Gasteiger partial charge in [0.15, 0.2) is 0 Å². The molecular weight excluding hydrogens is 162 g/mol. The highest BCUT2D eigenvalue weighted by molar-refractivity contribution is 5.94. The first-order valence-corrected chi connectivity index (χ1v) is 4.82. The largest absolute Gasteiger partial charge is 0.334 e. The second kappa shape index (κ2) is 3.17. The van der Waals surface area contributed by atoms with Crippen LogP contribution in [0.2, 0.25) is 0 Å². The third kappa shape index (κ3) is 1.77. The van der Waals surface area contributed by atoms with Crippen LogP contribution in [0.4, 0.5) is 0 Å². The normalized spacial score (nSPS) is 19.3. The first kappa shape index (κ1) is 10.3. The highest BCUT2D eigenvalue weighted by atomic mass is 16.2. The molecule has 1 amide bonds. The number of carbonyl (C=O) groups excluding carboxylic acids is 1. The summed E-state index contributed by atoms with van der Waals surface area (Å²) >= 11 is 0. The number of hydrogen-bond acceptors (Lipinski definition) is 1. The predicted molar refractivity (Wildman–Crippen MR) is 54.5 cm³/mol. The zero-order valence-electron chi connectivity index (χ0n) is 9.27. The van der Waals surface area contributed by atoms with Crippen molar-refractivity contribution in [3.8, 4) is 0 Å². The Labute approximate surface area is 80.6 Å². The SMILES string of the molecule is CC(C)=C(C)C(=O)N1CCC1(C)C. The number of carbonyl (C=O) groups is 1. The van der Waals surface area contributed by atoms with Gasteiger partial charge in [-0.1, -0.05) is 5.57 Å². The van der Waals surface area contributed by atoms with Gasteiger partial charge in [0.05, 0.1) is 0 Å². The standard InChI is InChI=1S/C11H19NO/c1-8(2)9(3)10(13)12-7-6-11(12,4)5/h6-7H2,1-5H3. The van der Waals surface area contributed by atoms with E-state index in [0.29, 0.717) is 0 Å². The molecule has 1 aliphatic rings. The lowest BCUT2D eigenvalue weighted by molar-refractivity contribution is -0.140. The van der Waals surface area contributed by atoms with Gasteiger partial charge in [-0.2, -0.15) is 0 Å². The first-order chi connectivity index (χ1) is 5.86. The third-order valence-electron chi connectivity index (χ3n) is 2.99. The smallest absolute Gasteiger partial charge is 0.249 e. The van der Waals surface area contributed by atoms with Gasteiger partial charge in [-0.15, -0.1) is 0 Å². The Kier molecular flexibility index (Phi) is 2.51. The molecule has 0 radical (unpaired) electrons. The molecule has 13 heavy (non-hydrogen) atoms. The number of allylic oxidation sites excluding steroid dienone is 1. The molecule has 1 aliphatic heterocycles. The number of hydrogen-bond donors (Lipinski definition) is 0. The summed E-state index contributed by atoms with van der Waals surface area (Å²) in [7, 11) is 0. The Morgan fingerprint density at radius 1 is 1.23 bits per heavy atom. The molecule has 0 aromatic carbocycles. The maximum Gasteiger partial charge on any atom is 0.249 e.